The highest BCUT2D eigenvalue weighted by Crippen LogP contribution is 2.27. The number of aryl methyl sites for hydroxylation is 1. The van der Waals surface area contributed by atoms with Crippen LogP contribution in [0.3, 0.4) is 0 Å². The summed E-state index contributed by atoms with van der Waals surface area (Å²) < 4.78 is 10.7. The van der Waals surface area contributed by atoms with E-state index in [9.17, 15) is 9.90 Å². The number of hydrogen-bond donors (Lipinski definition) is 2. The van der Waals surface area contributed by atoms with Crippen molar-refractivity contribution in [3.8, 4) is 0 Å². The summed E-state index contributed by atoms with van der Waals surface area (Å²) in [7, 11) is 1.64. The molecule has 0 fully saturated rings. The van der Waals surface area contributed by atoms with Gasteiger partial charge in [-0.1, -0.05) is 13.8 Å². The standard InChI is InChI=1S/C20H29NO4/c1-13(2)16-10-17-15(9-19(23)25-18(17)8-14(16)3)11-21-20(4,6-7-22)12-24-5/h8-10,13,21-22H,6-7,11-12H2,1-5H3. The molecule has 25 heavy (non-hydrogen) atoms. The van der Waals surface area contributed by atoms with Gasteiger partial charge in [-0.3, -0.25) is 0 Å². The van der Waals surface area contributed by atoms with Crippen LogP contribution in [0.25, 0.3) is 11.0 Å². The minimum absolute atomic E-state index is 0.0707. The Morgan fingerprint density at radius 1 is 1.32 bits per heavy atom. The van der Waals surface area contributed by atoms with E-state index in [2.05, 4.69) is 25.2 Å². The highest BCUT2D eigenvalue weighted by molar-refractivity contribution is 5.82. The maximum absolute atomic E-state index is 12.0. The smallest absolute Gasteiger partial charge is 0.336 e. The predicted octanol–water partition coefficient (Wildman–Crippen LogP) is 3.10. The van der Waals surface area contributed by atoms with Gasteiger partial charge in [0.25, 0.3) is 0 Å². The lowest BCUT2D eigenvalue weighted by molar-refractivity contribution is 0.0970. The van der Waals surface area contributed by atoms with Crippen LogP contribution in [0.2, 0.25) is 0 Å². The van der Waals surface area contributed by atoms with E-state index in [1.165, 1.54) is 5.56 Å². The van der Waals surface area contributed by atoms with Gasteiger partial charge in [-0.15, -0.1) is 0 Å². The van der Waals surface area contributed by atoms with Crippen molar-refractivity contribution in [1.82, 2.24) is 5.32 Å². The fraction of sp³-hybridized carbons (Fsp3) is 0.550. The predicted molar refractivity (Wildman–Crippen MR) is 100 cm³/mol. The summed E-state index contributed by atoms with van der Waals surface area (Å²) in [6, 6.07) is 5.60. The molecule has 1 aromatic carbocycles. The van der Waals surface area contributed by atoms with Crippen molar-refractivity contribution in [1.29, 1.82) is 0 Å². The van der Waals surface area contributed by atoms with E-state index < -0.39 is 0 Å². The average Bonchev–Trinajstić information content (AvgIpc) is 2.52. The van der Waals surface area contributed by atoms with Crippen LogP contribution in [0.15, 0.2) is 27.4 Å². The van der Waals surface area contributed by atoms with Crippen LogP contribution >= 0.6 is 0 Å². The highest BCUT2D eigenvalue weighted by Gasteiger charge is 2.23. The molecule has 1 unspecified atom stereocenters. The van der Waals surface area contributed by atoms with Gasteiger partial charge in [0.1, 0.15) is 5.58 Å². The van der Waals surface area contributed by atoms with Gasteiger partial charge in [-0.25, -0.2) is 4.79 Å². The summed E-state index contributed by atoms with van der Waals surface area (Å²) in [4.78, 5) is 12.0. The second-order valence-corrected chi connectivity index (χ2v) is 7.27. The van der Waals surface area contributed by atoms with E-state index in [-0.39, 0.29) is 17.8 Å². The lowest BCUT2D eigenvalue weighted by Crippen LogP contribution is -2.46. The Bertz CT molecular complexity index is 773. The molecule has 0 bridgehead atoms. The Kier molecular flexibility index (Phi) is 6.38. The number of aliphatic hydroxyl groups excluding tert-OH is 1. The molecule has 2 aromatic rings. The molecule has 0 amide bonds. The molecule has 0 radical (unpaired) electrons. The molecule has 1 heterocycles. The maximum Gasteiger partial charge on any atom is 0.336 e. The van der Waals surface area contributed by atoms with E-state index in [4.69, 9.17) is 9.15 Å². The van der Waals surface area contributed by atoms with Crippen LogP contribution in [-0.4, -0.2) is 31.0 Å². The van der Waals surface area contributed by atoms with Crippen LogP contribution < -0.4 is 10.9 Å². The van der Waals surface area contributed by atoms with Gasteiger partial charge in [0.05, 0.1) is 6.61 Å². The number of methoxy groups -OCH3 is 1. The van der Waals surface area contributed by atoms with Crippen molar-refractivity contribution in [3.05, 3.63) is 45.3 Å². The third kappa shape index (κ3) is 4.69. The van der Waals surface area contributed by atoms with Crippen LogP contribution in [0.1, 0.15) is 49.8 Å². The molecule has 1 atom stereocenters. The molecule has 0 spiro atoms. The van der Waals surface area contributed by atoms with Gasteiger partial charge in [-0.05, 0) is 55.0 Å². The number of rotatable bonds is 8. The Labute approximate surface area is 149 Å². The van der Waals surface area contributed by atoms with Gasteiger partial charge >= 0.3 is 5.63 Å². The zero-order valence-corrected chi connectivity index (χ0v) is 15.8. The second-order valence-electron chi connectivity index (χ2n) is 7.27. The minimum atomic E-state index is -0.364. The normalized spacial score (nSPS) is 14.2. The summed E-state index contributed by atoms with van der Waals surface area (Å²) in [6.45, 7) is 9.40. The van der Waals surface area contributed by atoms with E-state index in [1.807, 2.05) is 19.9 Å². The molecule has 1 aromatic heterocycles. The summed E-state index contributed by atoms with van der Waals surface area (Å²) in [6.07, 6.45) is 0.566. The molecule has 138 valence electrons. The second kappa shape index (κ2) is 8.13. The van der Waals surface area contributed by atoms with Gasteiger partial charge in [-0.2, -0.15) is 0 Å². The number of aliphatic hydroxyl groups is 1. The number of benzene rings is 1. The molecule has 0 aliphatic carbocycles. The molecule has 0 aliphatic heterocycles. The van der Waals surface area contributed by atoms with Crippen molar-refractivity contribution < 1.29 is 14.3 Å². The number of fused-ring (bicyclic) bond motifs is 1. The first kappa shape index (κ1) is 19.6. The molecule has 5 heteroatoms. The number of nitrogens with one attached hydrogen (secondary N) is 1. The van der Waals surface area contributed by atoms with E-state index in [1.54, 1.807) is 13.2 Å². The maximum atomic E-state index is 12.0. The average molecular weight is 347 g/mol. The third-order valence-corrected chi connectivity index (χ3v) is 4.67. The van der Waals surface area contributed by atoms with E-state index in [0.717, 1.165) is 16.5 Å². The van der Waals surface area contributed by atoms with Crippen molar-refractivity contribution >= 4 is 11.0 Å². The number of ether oxygens (including phenoxy) is 1. The van der Waals surface area contributed by atoms with Crippen molar-refractivity contribution in [2.45, 2.75) is 52.1 Å². The summed E-state index contributed by atoms with van der Waals surface area (Å²) >= 11 is 0. The van der Waals surface area contributed by atoms with Gasteiger partial charge in [0.15, 0.2) is 0 Å². The summed E-state index contributed by atoms with van der Waals surface area (Å²) in [5.41, 5.74) is 3.17. The quantitative estimate of drug-likeness (QED) is 0.718. The first-order valence-corrected chi connectivity index (χ1v) is 8.72. The third-order valence-electron chi connectivity index (χ3n) is 4.67. The van der Waals surface area contributed by atoms with Crippen LogP contribution in [0.5, 0.6) is 0 Å². The zero-order valence-electron chi connectivity index (χ0n) is 15.8. The van der Waals surface area contributed by atoms with Crippen molar-refractivity contribution in [2.24, 2.45) is 0 Å². The van der Waals surface area contributed by atoms with Gasteiger partial charge in [0.2, 0.25) is 0 Å². The molecule has 2 N–H and O–H groups in total. The Morgan fingerprint density at radius 3 is 2.64 bits per heavy atom. The van der Waals surface area contributed by atoms with E-state index >= 15 is 0 Å². The lowest BCUT2D eigenvalue weighted by atomic mass is 9.94. The first-order valence-electron chi connectivity index (χ1n) is 8.72. The monoisotopic (exact) mass is 347 g/mol. The van der Waals surface area contributed by atoms with Crippen molar-refractivity contribution in [3.63, 3.8) is 0 Å². The first-order chi connectivity index (χ1) is 11.8. The minimum Gasteiger partial charge on any atom is -0.423 e. The SMILES string of the molecule is COCC(C)(CCO)NCc1cc(=O)oc2cc(C)c(C(C)C)cc12. The molecule has 5 nitrogen and oxygen atoms in total. The summed E-state index contributed by atoms with van der Waals surface area (Å²) in [5, 5.41) is 13.7. The van der Waals surface area contributed by atoms with Crippen molar-refractivity contribution in [2.75, 3.05) is 20.3 Å². The number of hydrogen-bond acceptors (Lipinski definition) is 5. The molecule has 0 aliphatic rings. The largest absolute Gasteiger partial charge is 0.423 e. The van der Waals surface area contributed by atoms with Crippen LogP contribution in [-0.2, 0) is 11.3 Å². The molecule has 2 rings (SSSR count). The Hall–Kier alpha value is -1.69. The molecule has 0 saturated carbocycles. The fourth-order valence-corrected chi connectivity index (χ4v) is 3.25. The Morgan fingerprint density at radius 2 is 2.04 bits per heavy atom. The fourth-order valence-electron chi connectivity index (χ4n) is 3.25. The zero-order chi connectivity index (χ0) is 18.6. The molecular formula is C20H29NO4. The van der Waals surface area contributed by atoms with E-state index in [0.29, 0.717) is 31.1 Å². The molecule has 0 saturated heterocycles. The van der Waals surface area contributed by atoms with Crippen LogP contribution in [0.4, 0.5) is 0 Å². The summed E-state index contributed by atoms with van der Waals surface area (Å²) in [5.74, 6) is 0.394. The van der Waals surface area contributed by atoms with Gasteiger partial charge < -0.3 is 19.6 Å². The lowest BCUT2D eigenvalue weighted by Gasteiger charge is -2.30. The van der Waals surface area contributed by atoms with Crippen LogP contribution in [0, 0.1) is 6.92 Å². The molecular weight excluding hydrogens is 318 g/mol. The van der Waals surface area contributed by atoms with Gasteiger partial charge in [0, 0.05) is 37.3 Å². The highest BCUT2D eigenvalue weighted by atomic mass is 16.5. The topological polar surface area (TPSA) is 71.7 Å². The Balaban J connectivity index is 2.42.